The summed E-state index contributed by atoms with van der Waals surface area (Å²) in [6, 6.07) is 0.134. The molecule has 1 unspecified atom stereocenters. The van der Waals surface area contributed by atoms with E-state index in [-0.39, 0.29) is 11.9 Å². The maximum Gasteiger partial charge on any atom is 0.257 e. The highest BCUT2D eigenvalue weighted by Gasteiger charge is 2.27. The zero-order valence-electron chi connectivity index (χ0n) is 9.91. The van der Waals surface area contributed by atoms with E-state index in [0.717, 1.165) is 11.4 Å². The van der Waals surface area contributed by atoms with Crippen LogP contribution in [0, 0.1) is 13.8 Å². The number of ether oxygens (including phenoxy) is 1. The Morgan fingerprint density at radius 1 is 1.56 bits per heavy atom. The molecule has 0 saturated carbocycles. The molecular weight excluding hydrogens is 206 g/mol. The zero-order valence-corrected chi connectivity index (χ0v) is 9.91. The molecule has 0 radical (unpaired) electrons. The van der Waals surface area contributed by atoms with Crippen LogP contribution < -0.4 is 0 Å². The molecule has 1 saturated heterocycles. The molecule has 5 nitrogen and oxygen atoms in total. The number of nitrogens with zero attached hydrogens (tertiary/aromatic N) is 2. The van der Waals surface area contributed by atoms with Crippen LogP contribution in [-0.4, -0.2) is 46.8 Å². The van der Waals surface area contributed by atoms with Crippen molar-refractivity contribution in [1.29, 1.82) is 0 Å². The maximum atomic E-state index is 12.3. The summed E-state index contributed by atoms with van der Waals surface area (Å²) in [7, 11) is 0. The first kappa shape index (κ1) is 11.1. The van der Waals surface area contributed by atoms with E-state index in [1.807, 2.05) is 25.7 Å². The number of aromatic nitrogens is 2. The number of carbonyl (C=O) groups excluding carboxylic acids is 1. The normalized spacial score (nSPS) is 21.2. The lowest BCUT2D eigenvalue weighted by atomic mass is 10.1. The van der Waals surface area contributed by atoms with Crippen LogP contribution in [0.15, 0.2) is 0 Å². The Kier molecular flexibility index (Phi) is 2.96. The molecule has 2 rings (SSSR count). The molecule has 1 fully saturated rings. The maximum absolute atomic E-state index is 12.3. The standard InChI is InChI=1S/C11H17N3O2/c1-7-6-16-5-4-14(7)11(15)10-8(2)12-13-9(10)3/h7H,4-6H2,1-3H3,(H,12,13). The van der Waals surface area contributed by atoms with Crippen LogP contribution in [0.3, 0.4) is 0 Å². The Morgan fingerprint density at radius 2 is 2.31 bits per heavy atom. The Labute approximate surface area is 94.8 Å². The second kappa shape index (κ2) is 4.25. The van der Waals surface area contributed by atoms with Crippen LogP contribution in [0.2, 0.25) is 0 Å². The van der Waals surface area contributed by atoms with E-state index in [4.69, 9.17) is 4.74 Å². The topological polar surface area (TPSA) is 58.2 Å². The molecule has 1 aromatic heterocycles. The van der Waals surface area contributed by atoms with Gasteiger partial charge in [-0.15, -0.1) is 0 Å². The Morgan fingerprint density at radius 3 is 2.88 bits per heavy atom. The third-order valence-electron chi connectivity index (χ3n) is 2.97. The number of rotatable bonds is 1. The molecule has 88 valence electrons. The Hall–Kier alpha value is -1.36. The molecule has 0 bridgehead atoms. The fourth-order valence-corrected chi connectivity index (χ4v) is 2.04. The first-order chi connectivity index (χ1) is 7.61. The van der Waals surface area contributed by atoms with Gasteiger partial charge in [0.1, 0.15) is 0 Å². The Balaban J connectivity index is 2.24. The van der Waals surface area contributed by atoms with Crippen molar-refractivity contribution >= 4 is 5.91 Å². The van der Waals surface area contributed by atoms with Crippen LogP contribution in [0.1, 0.15) is 28.7 Å². The van der Waals surface area contributed by atoms with Crippen molar-refractivity contribution in [1.82, 2.24) is 15.1 Å². The average Bonchev–Trinajstić information content (AvgIpc) is 2.58. The summed E-state index contributed by atoms with van der Waals surface area (Å²) in [5.74, 6) is 0.0551. The predicted octanol–water partition coefficient (Wildman–Crippen LogP) is 0.887. The fraction of sp³-hybridized carbons (Fsp3) is 0.636. The molecule has 1 aliphatic rings. The van der Waals surface area contributed by atoms with Gasteiger partial charge in [-0.25, -0.2) is 0 Å². The monoisotopic (exact) mass is 223 g/mol. The summed E-state index contributed by atoms with van der Waals surface area (Å²) in [4.78, 5) is 14.2. The van der Waals surface area contributed by atoms with Crippen LogP contribution >= 0.6 is 0 Å². The first-order valence-electron chi connectivity index (χ1n) is 5.51. The number of amides is 1. The van der Waals surface area contributed by atoms with Crippen LogP contribution in [0.4, 0.5) is 0 Å². The van der Waals surface area contributed by atoms with Gasteiger partial charge in [-0.05, 0) is 20.8 Å². The van der Waals surface area contributed by atoms with Gasteiger partial charge in [-0.3, -0.25) is 9.89 Å². The molecule has 5 heteroatoms. The molecule has 1 amide bonds. The molecule has 0 spiro atoms. The summed E-state index contributed by atoms with van der Waals surface area (Å²) >= 11 is 0. The summed E-state index contributed by atoms with van der Waals surface area (Å²) < 4.78 is 5.32. The molecule has 1 atom stereocenters. The highest BCUT2D eigenvalue weighted by atomic mass is 16.5. The number of hydrogen-bond donors (Lipinski definition) is 1. The molecule has 2 heterocycles. The lowest BCUT2D eigenvalue weighted by molar-refractivity contribution is 0.00351. The Bertz CT molecular complexity index is 380. The lowest BCUT2D eigenvalue weighted by Crippen LogP contribution is -2.47. The van der Waals surface area contributed by atoms with Gasteiger partial charge in [-0.1, -0.05) is 0 Å². The summed E-state index contributed by atoms with van der Waals surface area (Å²) in [6.07, 6.45) is 0. The van der Waals surface area contributed by atoms with Crippen molar-refractivity contribution in [3.8, 4) is 0 Å². The third kappa shape index (κ3) is 1.82. The molecule has 1 aromatic rings. The van der Waals surface area contributed by atoms with Gasteiger partial charge >= 0.3 is 0 Å². The van der Waals surface area contributed by atoms with Crippen molar-refractivity contribution in [2.75, 3.05) is 19.8 Å². The molecule has 0 aromatic carbocycles. The fourth-order valence-electron chi connectivity index (χ4n) is 2.04. The minimum Gasteiger partial charge on any atom is -0.377 e. The number of morpholine rings is 1. The number of aromatic amines is 1. The van der Waals surface area contributed by atoms with Crippen molar-refractivity contribution in [2.45, 2.75) is 26.8 Å². The minimum absolute atomic E-state index is 0.0551. The van der Waals surface area contributed by atoms with E-state index in [1.54, 1.807) is 0 Å². The van der Waals surface area contributed by atoms with Crippen LogP contribution in [0.25, 0.3) is 0 Å². The van der Waals surface area contributed by atoms with E-state index in [2.05, 4.69) is 10.2 Å². The van der Waals surface area contributed by atoms with Gasteiger partial charge < -0.3 is 9.64 Å². The number of H-pyrrole nitrogens is 1. The van der Waals surface area contributed by atoms with E-state index in [1.165, 1.54) is 0 Å². The van der Waals surface area contributed by atoms with Crippen molar-refractivity contribution in [2.24, 2.45) is 0 Å². The predicted molar refractivity (Wildman–Crippen MR) is 59.4 cm³/mol. The minimum atomic E-state index is 0.0551. The van der Waals surface area contributed by atoms with Crippen LogP contribution in [0.5, 0.6) is 0 Å². The van der Waals surface area contributed by atoms with Crippen molar-refractivity contribution < 1.29 is 9.53 Å². The second-order valence-corrected chi connectivity index (χ2v) is 4.23. The van der Waals surface area contributed by atoms with Crippen molar-refractivity contribution in [3.05, 3.63) is 17.0 Å². The summed E-state index contributed by atoms with van der Waals surface area (Å²) in [5.41, 5.74) is 2.30. The van der Waals surface area contributed by atoms with Crippen LogP contribution in [-0.2, 0) is 4.74 Å². The van der Waals surface area contributed by atoms with Gasteiger partial charge in [0.15, 0.2) is 0 Å². The van der Waals surface area contributed by atoms with Gasteiger partial charge in [-0.2, -0.15) is 5.10 Å². The third-order valence-corrected chi connectivity index (χ3v) is 2.97. The molecule has 0 aliphatic carbocycles. The number of hydrogen-bond acceptors (Lipinski definition) is 3. The van der Waals surface area contributed by atoms with Gasteiger partial charge in [0.2, 0.25) is 0 Å². The first-order valence-corrected chi connectivity index (χ1v) is 5.51. The van der Waals surface area contributed by atoms with E-state index in [9.17, 15) is 4.79 Å². The largest absolute Gasteiger partial charge is 0.377 e. The van der Waals surface area contributed by atoms with Gasteiger partial charge in [0.05, 0.1) is 30.5 Å². The quantitative estimate of drug-likeness (QED) is 0.769. The van der Waals surface area contributed by atoms with E-state index in [0.29, 0.717) is 25.3 Å². The second-order valence-electron chi connectivity index (χ2n) is 4.23. The highest BCUT2D eigenvalue weighted by Crippen LogP contribution is 2.16. The number of nitrogens with one attached hydrogen (secondary N) is 1. The molecule has 1 N–H and O–H groups in total. The smallest absolute Gasteiger partial charge is 0.257 e. The van der Waals surface area contributed by atoms with Crippen molar-refractivity contribution in [3.63, 3.8) is 0 Å². The van der Waals surface area contributed by atoms with E-state index < -0.39 is 0 Å². The SMILES string of the molecule is Cc1n[nH]c(C)c1C(=O)N1CCOCC1C. The zero-order chi connectivity index (χ0) is 11.7. The highest BCUT2D eigenvalue weighted by molar-refractivity contribution is 5.96. The van der Waals surface area contributed by atoms with Gasteiger partial charge in [0.25, 0.3) is 5.91 Å². The summed E-state index contributed by atoms with van der Waals surface area (Å²) in [5, 5.41) is 6.90. The molecule has 16 heavy (non-hydrogen) atoms. The summed E-state index contributed by atoms with van der Waals surface area (Å²) in [6.45, 7) is 7.61. The van der Waals surface area contributed by atoms with E-state index >= 15 is 0 Å². The number of aryl methyl sites for hydroxylation is 2. The molecule has 1 aliphatic heterocycles. The average molecular weight is 223 g/mol. The molecular formula is C11H17N3O2. The van der Waals surface area contributed by atoms with Gasteiger partial charge in [0, 0.05) is 12.2 Å². The lowest BCUT2D eigenvalue weighted by Gasteiger charge is -2.33. The number of carbonyl (C=O) groups is 1.